The lowest BCUT2D eigenvalue weighted by atomic mass is 10.00. The minimum Gasteiger partial charge on any atom is -0.444 e. The SMILES string of the molecule is Cc1ccc(C(=O)NC2CC2)cc1-c1cnn(-c2cnc3ccc(S(=O)(=O)C4CCC4)cn23)c1.Cc1ccc(C(=O)NC2CC2)cc1-c1cnn(-c2cnc3ccc(S(=O)(=O)C4CN(C(=O)OC(C)(C)C)C4)cn23)c1. The first-order chi connectivity index (χ1) is 35.8. The normalized spacial score (nSPS) is 16.3. The van der Waals surface area contributed by atoms with Crippen LogP contribution in [0.3, 0.4) is 0 Å². The monoisotopic (exact) mass is 1050 g/mol. The lowest BCUT2D eigenvalue weighted by Gasteiger charge is -2.39. The van der Waals surface area contributed by atoms with Gasteiger partial charge in [0, 0.05) is 72.2 Å². The molecule has 75 heavy (non-hydrogen) atoms. The van der Waals surface area contributed by atoms with Crippen molar-refractivity contribution in [3.63, 3.8) is 0 Å². The summed E-state index contributed by atoms with van der Waals surface area (Å²) in [6, 6.07) is 18.4. The first-order valence-electron chi connectivity index (χ1n) is 25.1. The molecule has 7 heterocycles. The van der Waals surface area contributed by atoms with Crippen molar-refractivity contribution in [2.75, 3.05) is 13.1 Å². The molecule has 4 fully saturated rings. The van der Waals surface area contributed by atoms with Gasteiger partial charge in [0.25, 0.3) is 11.8 Å². The Bertz CT molecular complexity index is 3790. The van der Waals surface area contributed by atoms with Gasteiger partial charge < -0.3 is 20.3 Å². The second-order valence-corrected chi connectivity index (χ2v) is 25.4. The molecule has 3 amide bonds. The number of aromatic nitrogens is 8. The highest BCUT2D eigenvalue weighted by Crippen LogP contribution is 2.33. The average molecular weight is 1050 g/mol. The number of ether oxygens (including phenoxy) is 1. The van der Waals surface area contributed by atoms with Crippen LogP contribution in [0, 0.1) is 13.8 Å². The first-order valence-corrected chi connectivity index (χ1v) is 28.2. The zero-order chi connectivity index (χ0) is 52.6. The van der Waals surface area contributed by atoms with Crippen LogP contribution in [0.4, 0.5) is 4.79 Å². The summed E-state index contributed by atoms with van der Waals surface area (Å²) in [5, 5.41) is 14.1. The summed E-state index contributed by atoms with van der Waals surface area (Å²) < 4.78 is 64.7. The first kappa shape index (κ1) is 49.6. The second kappa shape index (κ2) is 18.9. The fourth-order valence-corrected chi connectivity index (χ4v) is 12.6. The molecule has 3 aliphatic carbocycles. The minimum absolute atomic E-state index is 0.0573. The highest BCUT2D eigenvalue weighted by atomic mass is 32.2. The van der Waals surface area contributed by atoms with E-state index in [4.69, 9.17) is 4.74 Å². The van der Waals surface area contributed by atoms with Crippen LogP contribution < -0.4 is 10.6 Å². The predicted octanol–water partition coefficient (Wildman–Crippen LogP) is 7.49. The van der Waals surface area contributed by atoms with Crippen LogP contribution in [-0.2, 0) is 24.4 Å². The maximum absolute atomic E-state index is 13.4. The van der Waals surface area contributed by atoms with E-state index < -0.39 is 36.6 Å². The van der Waals surface area contributed by atoms with Crippen molar-refractivity contribution in [3.05, 3.63) is 132 Å². The summed E-state index contributed by atoms with van der Waals surface area (Å²) in [5.41, 5.74) is 7.32. The van der Waals surface area contributed by atoms with Crippen LogP contribution in [0.5, 0.6) is 0 Å². The topological polar surface area (TPSA) is 226 Å². The summed E-state index contributed by atoms with van der Waals surface area (Å²) in [4.78, 5) is 48.1. The molecule has 388 valence electrons. The molecule has 1 aliphatic heterocycles. The molecule has 0 atom stereocenters. The van der Waals surface area contributed by atoms with E-state index in [-0.39, 0.29) is 41.1 Å². The lowest BCUT2D eigenvalue weighted by molar-refractivity contribution is 0.0138. The van der Waals surface area contributed by atoms with Crippen LogP contribution in [0.25, 0.3) is 45.2 Å². The Morgan fingerprint density at radius 1 is 0.587 bits per heavy atom. The summed E-state index contributed by atoms with van der Waals surface area (Å²) in [6.45, 7) is 9.44. The third-order valence-electron chi connectivity index (χ3n) is 14.1. The zero-order valence-corrected chi connectivity index (χ0v) is 43.8. The number of nitrogens with zero attached hydrogens (tertiary/aromatic N) is 9. The van der Waals surface area contributed by atoms with Gasteiger partial charge >= 0.3 is 6.09 Å². The lowest BCUT2D eigenvalue weighted by Crippen LogP contribution is -2.57. The number of carbonyl (C=O) groups is 3. The number of amides is 3. The van der Waals surface area contributed by atoms with Crippen molar-refractivity contribution >= 4 is 48.9 Å². The van der Waals surface area contributed by atoms with Crippen molar-refractivity contribution in [1.82, 2.24) is 53.9 Å². The third-order valence-corrected chi connectivity index (χ3v) is 18.4. The Morgan fingerprint density at radius 3 is 1.45 bits per heavy atom. The zero-order valence-electron chi connectivity index (χ0n) is 42.2. The van der Waals surface area contributed by atoms with Crippen LogP contribution >= 0.6 is 0 Å². The quantitative estimate of drug-likeness (QED) is 0.121. The molecule has 0 bridgehead atoms. The maximum Gasteiger partial charge on any atom is 0.410 e. The molecule has 0 radical (unpaired) electrons. The van der Waals surface area contributed by atoms with Gasteiger partial charge in [0.1, 0.15) is 22.1 Å². The number of likely N-dealkylation sites (tertiary alicyclic amines) is 1. The van der Waals surface area contributed by atoms with E-state index in [9.17, 15) is 31.2 Å². The van der Waals surface area contributed by atoms with E-state index in [2.05, 4.69) is 30.8 Å². The van der Waals surface area contributed by atoms with Gasteiger partial charge in [0.15, 0.2) is 31.3 Å². The molecule has 6 aromatic heterocycles. The molecule has 4 aliphatic rings. The number of carbonyl (C=O) groups excluding carboxylic acids is 3. The molecule has 2 N–H and O–H groups in total. The van der Waals surface area contributed by atoms with Crippen LogP contribution in [0.2, 0.25) is 0 Å². The van der Waals surface area contributed by atoms with Crippen molar-refractivity contribution < 1.29 is 36.0 Å². The molecule has 2 aromatic carbocycles. The van der Waals surface area contributed by atoms with Gasteiger partial charge in [0.2, 0.25) is 0 Å². The number of fused-ring (bicyclic) bond motifs is 2. The van der Waals surface area contributed by atoms with Gasteiger partial charge in [-0.15, -0.1) is 0 Å². The average Bonchev–Trinajstić information content (AvgIpc) is 4.04. The van der Waals surface area contributed by atoms with E-state index in [1.54, 1.807) is 94.3 Å². The predicted molar refractivity (Wildman–Crippen MR) is 280 cm³/mol. The Balaban J connectivity index is 0.000000163. The number of hydrogen-bond acceptors (Lipinski definition) is 12. The van der Waals surface area contributed by atoms with Crippen LogP contribution in [-0.4, -0.2) is 119 Å². The number of sulfone groups is 2. The van der Waals surface area contributed by atoms with Crippen LogP contribution in [0.1, 0.15) is 97.6 Å². The van der Waals surface area contributed by atoms with Gasteiger partial charge in [-0.2, -0.15) is 10.2 Å². The molecular formula is C54H57N11O8S2. The smallest absolute Gasteiger partial charge is 0.410 e. The summed E-state index contributed by atoms with van der Waals surface area (Å²) in [6.07, 6.45) is 19.7. The highest BCUT2D eigenvalue weighted by molar-refractivity contribution is 7.92. The molecule has 0 unspecified atom stereocenters. The van der Waals surface area contributed by atoms with E-state index in [0.717, 1.165) is 78.3 Å². The molecule has 19 nitrogen and oxygen atoms in total. The van der Waals surface area contributed by atoms with Gasteiger partial charge in [-0.3, -0.25) is 18.4 Å². The number of benzene rings is 2. The largest absolute Gasteiger partial charge is 0.444 e. The van der Waals surface area contributed by atoms with Crippen LogP contribution in [0.15, 0.2) is 120 Å². The fraction of sp³-hybridized carbons (Fsp3) is 0.352. The molecular weight excluding hydrogens is 995 g/mol. The van der Waals surface area contributed by atoms with Crippen molar-refractivity contribution in [2.45, 2.75) is 118 Å². The van der Waals surface area contributed by atoms with Gasteiger partial charge in [-0.25, -0.2) is 41.0 Å². The van der Waals surface area contributed by atoms with E-state index in [0.29, 0.717) is 45.0 Å². The molecule has 1 saturated heterocycles. The Hall–Kier alpha value is -7.65. The highest BCUT2D eigenvalue weighted by Gasteiger charge is 2.42. The van der Waals surface area contributed by atoms with Gasteiger partial charge in [-0.1, -0.05) is 18.6 Å². The van der Waals surface area contributed by atoms with Crippen molar-refractivity contribution in [1.29, 1.82) is 0 Å². The number of hydrogen-bond donors (Lipinski definition) is 2. The summed E-state index contributed by atoms with van der Waals surface area (Å²) in [5.74, 6) is 1.07. The van der Waals surface area contributed by atoms with Crippen molar-refractivity contribution in [2.24, 2.45) is 0 Å². The molecule has 8 aromatic rings. The van der Waals surface area contributed by atoms with E-state index in [1.807, 2.05) is 62.6 Å². The molecule has 12 rings (SSSR count). The maximum atomic E-state index is 13.4. The van der Waals surface area contributed by atoms with E-state index in [1.165, 1.54) is 11.0 Å². The van der Waals surface area contributed by atoms with E-state index >= 15 is 0 Å². The number of rotatable bonds is 12. The Labute approximate surface area is 433 Å². The van der Waals surface area contributed by atoms with Crippen molar-refractivity contribution in [3.8, 4) is 33.9 Å². The Kier molecular flexibility index (Phi) is 12.5. The van der Waals surface area contributed by atoms with Gasteiger partial charge in [-0.05, 0) is 144 Å². The summed E-state index contributed by atoms with van der Waals surface area (Å²) in [7, 11) is -7.05. The molecule has 0 spiro atoms. The number of imidazole rings is 2. The molecule has 21 heteroatoms. The van der Waals surface area contributed by atoms with Gasteiger partial charge in [0.05, 0.1) is 39.8 Å². The molecule has 3 saturated carbocycles. The third kappa shape index (κ3) is 10.0. The minimum atomic E-state index is -3.71. The second-order valence-electron chi connectivity index (χ2n) is 21.0. The number of aryl methyl sites for hydroxylation is 2. The standard InChI is InChI=1S/C29H32N6O5S.C25H25N5O3S/c1-18-5-6-19(27(36)32-21-7-8-21)11-24(18)20-12-31-35(14-20)26-13-30-25-10-9-22(17-34(25)26)41(38,39)23-15-33(16-23)28(37)40-29(2,3)4;1-16-5-6-17(25(31)28-19-7-8-19)11-22(16)18-12-27-30(14-18)24-13-26-23-10-9-21(15-29(23)24)34(32,33)20-3-2-4-20/h5-6,9-14,17,21,23H,7-8,15-16H2,1-4H3,(H,32,36);5-6,9-15,19-20H,2-4,7-8H2,1H3,(H,28,31). The number of nitrogens with one attached hydrogen (secondary N) is 2. The number of pyridine rings is 2. The Morgan fingerprint density at radius 2 is 1.04 bits per heavy atom. The fourth-order valence-electron chi connectivity index (χ4n) is 9.06. The summed E-state index contributed by atoms with van der Waals surface area (Å²) >= 11 is 0.